The number of nitrogens with zero attached hydrogens (tertiary/aromatic N) is 1. The molecular weight excluding hydrogens is 196 g/mol. The van der Waals surface area contributed by atoms with Crippen LogP contribution in [0.1, 0.15) is 43.9 Å². The predicted molar refractivity (Wildman–Crippen MR) is 67.0 cm³/mol. The van der Waals surface area contributed by atoms with E-state index in [1.54, 1.807) is 0 Å². The van der Waals surface area contributed by atoms with Crippen molar-refractivity contribution in [1.29, 1.82) is 5.26 Å². The molecule has 1 aromatic carbocycles. The highest BCUT2D eigenvalue weighted by atomic mass is 14.9. The van der Waals surface area contributed by atoms with Gasteiger partial charge >= 0.3 is 0 Å². The van der Waals surface area contributed by atoms with E-state index in [4.69, 9.17) is 5.26 Å². The Balaban J connectivity index is 2.60. The third kappa shape index (κ3) is 3.67. The first-order chi connectivity index (χ1) is 7.67. The summed E-state index contributed by atoms with van der Waals surface area (Å²) in [6.45, 7) is 6.34. The lowest BCUT2D eigenvalue weighted by Gasteiger charge is -2.20. The molecular formula is C14H20N2. The normalized spacial score (nSPS) is 14.1. The second-order valence-corrected chi connectivity index (χ2v) is 4.27. The van der Waals surface area contributed by atoms with Gasteiger partial charge in [0.25, 0.3) is 0 Å². The number of benzene rings is 1. The van der Waals surface area contributed by atoms with Crippen LogP contribution in [-0.2, 0) is 0 Å². The minimum Gasteiger partial charge on any atom is -0.306 e. The van der Waals surface area contributed by atoms with Gasteiger partial charge in [0.15, 0.2) is 0 Å². The molecule has 0 saturated carbocycles. The Bertz CT molecular complexity index is 348. The standard InChI is InChI=1S/C14H20N2/c1-4-14(9-10-15)16-12(3)13-7-5-11(2)6-8-13/h5-8,12,14,16H,4,9H2,1-3H3/t12-,14?/m0/s1. The highest BCUT2D eigenvalue weighted by Crippen LogP contribution is 2.15. The van der Waals surface area contributed by atoms with Gasteiger partial charge in [0.2, 0.25) is 0 Å². The van der Waals surface area contributed by atoms with Crippen molar-refractivity contribution in [2.75, 3.05) is 0 Å². The van der Waals surface area contributed by atoms with Crippen LogP contribution in [0.5, 0.6) is 0 Å². The van der Waals surface area contributed by atoms with Crippen LogP contribution in [0.2, 0.25) is 0 Å². The predicted octanol–water partition coefficient (Wildman–Crippen LogP) is 3.34. The van der Waals surface area contributed by atoms with Gasteiger partial charge in [-0.2, -0.15) is 5.26 Å². The van der Waals surface area contributed by atoms with Crippen LogP contribution in [0.15, 0.2) is 24.3 Å². The van der Waals surface area contributed by atoms with Gasteiger partial charge in [-0.25, -0.2) is 0 Å². The molecule has 1 aromatic rings. The summed E-state index contributed by atoms with van der Waals surface area (Å²) in [6, 6.07) is 11.4. The second kappa shape index (κ2) is 6.30. The van der Waals surface area contributed by atoms with Gasteiger partial charge < -0.3 is 5.32 Å². The largest absolute Gasteiger partial charge is 0.306 e. The van der Waals surface area contributed by atoms with E-state index in [9.17, 15) is 0 Å². The van der Waals surface area contributed by atoms with E-state index in [1.165, 1.54) is 11.1 Å². The van der Waals surface area contributed by atoms with Crippen molar-refractivity contribution < 1.29 is 0 Å². The quantitative estimate of drug-likeness (QED) is 0.819. The molecule has 0 bridgehead atoms. The Labute approximate surface area is 98.3 Å². The number of aryl methyl sites for hydroxylation is 1. The first-order valence-electron chi connectivity index (χ1n) is 5.87. The maximum atomic E-state index is 8.70. The third-order valence-corrected chi connectivity index (χ3v) is 2.89. The summed E-state index contributed by atoms with van der Waals surface area (Å²) >= 11 is 0. The summed E-state index contributed by atoms with van der Waals surface area (Å²) in [6.07, 6.45) is 1.57. The lowest BCUT2D eigenvalue weighted by molar-refractivity contribution is 0.448. The van der Waals surface area contributed by atoms with Crippen molar-refractivity contribution in [3.63, 3.8) is 0 Å². The van der Waals surface area contributed by atoms with Crippen LogP contribution in [0.3, 0.4) is 0 Å². The van der Waals surface area contributed by atoms with Gasteiger partial charge in [-0.05, 0) is 25.8 Å². The Morgan fingerprint density at radius 3 is 2.44 bits per heavy atom. The summed E-state index contributed by atoms with van der Waals surface area (Å²) < 4.78 is 0. The molecule has 2 nitrogen and oxygen atoms in total. The van der Waals surface area contributed by atoms with Crippen LogP contribution in [0.4, 0.5) is 0 Å². The molecule has 16 heavy (non-hydrogen) atoms. The summed E-state index contributed by atoms with van der Waals surface area (Å²) in [5.74, 6) is 0. The van der Waals surface area contributed by atoms with E-state index in [2.05, 4.69) is 56.4 Å². The van der Waals surface area contributed by atoms with Crippen LogP contribution < -0.4 is 5.32 Å². The molecule has 86 valence electrons. The number of nitriles is 1. The molecule has 0 aliphatic rings. The van der Waals surface area contributed by atoms with Gasteiger partial charge in [0, 0.05) is 12.1 Å². The number of hydrogen-bond acceptors (Lipinski definition) is 2. The van der Waals surface area contributed by atoms with Gasteiger partial charge in [-0.1, -0.05) is 36.8 Å². The average Bonchev–Trinajstić information content (AvgIpc) is 2.29. The number of rotatable bonds is 5. The van der Waals surface area contributed by atoms with Crippen LogP contribution in [0, 0.1) is 18.3 Å². The first-order valence-corrected chi connectivity index (χ1v) is 5.87. The smallest absolute Gasteiger partial charge is 0.0638 e. The zero-order valence-corrected chi connectivity index (χ0v) is 10.3. The summed E-state index contributed by atoms with van der Waals surface area (Å²) in [4.78, 5) is 0. The Morgan fingerprint density at radius 1 is 1.31 bits per heavy atom. The molecule has 2 heteroatoms. The molecule has 0 radical (unpaired) electrons. The maximum Gasteiger partial charge on any atom is 0.0638 e. The highest BCUT2D eigenvalue weighted by molar-refractivity contribution is 5.23. The van der Waals surface area contributed by atoms with E-state index in [-0.39, 0.29) is 0 Å². The van der Waals surface area contributed by atoms with Gasteiger partial charge in [0.05, 0.1) is 12.5 Å². The minimum atomic E-state index is 0.293. The van der Waals surface area contributed by atoms with Crippen molar-refractivity contribution >= 4 is 0 Å². The molecule has 0 aromatic heterocycles. The van der Waals surface area contributed by atoms with E-state index in [1.807, 2.05) is 0 Å². The molecule has 0 aliphatic carbocycles. The molecule has 2 atom stereocenters. The second-order valence-electron chi connectivity index (χ2n) is 4.27. The Morgan fingerprint density at radius 2 is 1.94 bits per heavy atom. The van der Waals surface area contributed by atoms with E-state index >= 15 is 0 Å². The number of hydrogen-bond donors (Lipinski definition) is 1. The molecule has 0 aliphatic heterocycles. The topological polar surface area (TPSA) is 35.8 Å². The van der Waals surface area contributed by atoms with E-state index in [0.29, 0.717) is 18.5 Å². The summed E-state index contributed by atoms with van der Waals surface area (Å²) in [5.41, 5.74) is 2.56. The van der Waals surface area contributed by atoms with Crippen molar-refractivity contribution in [3.8, 4) is 6.07 Å². The lowest BCUT2D eigenvalue weighted by atomic mass is 10.0. The summed E-state index contributed by atoms with van der Waals surface area (Å²) in [5, 5.41) is 12.2. The van der Waals surface area contributed by atoms with Crippen LogP contribution in [-0.4, -0.2) is 6.04 Å². The highest BCUT2D eigenvalue weighted by Gasteiger charge is 2.10. The van der Waals surface area contributed by atoms with Gasteiger partial charge in [0.1, 0.15) is 0 Å². The molecule has 0 saturated heterocycles. The van der Waals surface area contributed by atoms with Gasteiger partial charge in [-0.3, -0.25) is 0 Å². The zero-order chi connectivity index (χ0) is 12.0. The van der Waals surface area contributed by atoms with Crippen molar-refractivity contribution in [1.82, 2.24) is 5.32 Å². The Kier molecular flexibility index (Phi) is 5.01. The minimum absolute atomic E-state index is 0.293. The molecule has 1 unspecified atom stereocenters. The maximum absolute atomic E-state index is 8.70. The van der Waals surface area contributed by atoms with Crippen molar-refractivity contribution in [3.05, 3.63) is 35.4 Å². The molecule has 1 N–H and O–H groups in total. The third-order valence-electron chi connectivity index (χ3n) is 2.89. The van der Waals surface area contributed by atoms with Crippen molar-refractivity contribution in [2.45, 2.75) is 45.7 Å². The zero-order valence-electron chi connectivity index (χ0n) is 10.3. The summed E-state index contributed by atoms with van der Waals surface area (Å²) in [7, 11) is 0. The number of nitrogens with one attached hydrogen (secondary N) is 1. The fourth-order valence-corrected chi connectivity index (χ4v) is 1.74. The first kappa shape index (κ1) is 12.7. The van der Waals surface area contributed by atoms with Crippen molar-refractivity contribution in [2.24, 2.45) is 0 Å². The average molecular weight is 216 g/mol. The van der Waals surface area contributed by atoms with Crippen LogP contribution in [0.25, 0.3) is 0 Å². The fourth-order valence-electron chi connectivity index (χ4n) is 1.74. The molecule has 0 heterocycles. The van der Waals surface area contributed by atoms with E-state index < -0.39 is 0 Å². The van der Waals surface area contributed by atoms with E-state index in [0.717, 1.165) is 6.42 Å². The molecule has 1 rings (SSSR count). The molecule has 0 amide bonds. The van der Waals surface area contributed by atoms with Gasteiger partial charge in [-0.15, -0.1) is 0 Å². The molecule has 0 spiro atoms. The molecule has 0 fully saturated rings. The monoisotopic (exact) mass is 216 g/mol. The fraction of sp³-hybridized carbons (Fsp3) is 0.500. The van der Waals surface area contributed by atoms with Crippen LogP contribution >= 0.6 is 0 Å². The Hall–Kier alpha value is -1.33. The lowest BCUT2D eigenvalue weighted by Crippen LogP contribution is -2.30. The SMILES string of the molecule is CCC(CC#N)N[C@@H](C)c1ccc(C)cc1.